The lowest BCUT2D eigenvalue weighted by molar-refractivity contribution is 0.656. The molecule has 0 bridgehead atoms. The molecule has 0 N–H and O–H groups in total. The van der Waals surface area contributed by atoms with Gasteiger partial charge in [0.25, 0.3) is 0 Å². The first-order valence-electron chi connectivity index (χ1n) is 23.3. The first-order chi connectivity index (χ1) is 32.5. The Hall–Kier alpha value is -7.94. The highest BCUT2D eigenvalue weighted by Crippen LogP contribution is 2.50. The maximum Gasteiger partial charge on any atom is 0.143 e. The molecule has 10 aromatic carbocycles. The standard InChI is InChI=1S/C64H47NO/c1-64(2)58-38-41(23-36-52(58)53-37-34-49(40-59(53)64)65-60-19-8-5-14-54(60)55-15-6-9-20-61(55)65)22-35-50(44-27-24-43(25-28-44)48-33-26-42-12-3-4-13-47(42)39-48)45-29-31-46(32-30-45)51-17-11-18-57-56-16-7-10-21-62(56)66-63(51)57/h3-21,23-34,36-40,50H,22,35H2,1-2H3. The Kier molecular flexibility index (Phi) is 8.80. The molecular formula is C64H47NO. The molecule has 2 heterocycles. The van der Waals surface area contributed by atoms with Gasteiger partial charge in [-0.1, -0.05) is 196 Å². The van der Waals surface area contributed by atoms with E-state index in [4.69, 9.17) is 4.42 Å². The molecule has 0 aliphatic heterocycles. The molecule has 66 heavy (non-hydrogen) atoms. The van der Waals surface area contributed by atoms with Crippen LogP contribution in [0.5, 0.6) is 0 Å². The molecule has 0 saturated carbocycles. The lowest BCUT2D eigenvalue weighted by Crippen LogP contribution is -2.16. The van der Waals surface area contributed by atoms with Crippen LogP contribution >= 0.6 is 0 Å². The van der Waals surface area contributed by atoms with E-state index in [1.807, 2.05) is 6.07 Å². The van der Waals surface area contributed by atoms with E-state index in [1.54, 1.807) is 0 Å². The number of furan rings is 1. The summed E-state index contributed by atoms with van der Waals surface area (Å²) in [5, 5.41) is 7.41. The number of para-hydroxylation sites is 4. The molecule has 0 fully saturated rings. The molecule has 1 aliphatic carbocycles. The van der Waals surface area contributed by atoms with Crippen LogP contribution < -0.4 is 0 Å². The van der Waals surface area contributed by atoms with E-state index >= 15 is 0 Å². The monoisotopic (exact) mass is 845 g/mol. The van der Waals surface area contributed by atoms with Crippen molar-refractivity contribution in [3.05, 3.63) is 246 Å². The van der Waals surface area contributed by atoms with E-state index in [-0.39, 0.29) is 11.3 Å². The third-order valence-corrected chi connectivity index (χ3v) is 14.7. The molecule has 2 heteroatoms. The maximum absolute atomic E-state index is 6.46. The second-order valence-electron chi connectivity index (χ2n) is 18.8. The molecule has 1 unspecified atom stereocenters. The van der Waals surface area contributed by atoms with Crippen LogP contribution in [-0.4, -0.2) is 4.57 Å². The number of aromatic nitrogens is 1. The average molecular weight is 846 g/mol. The minimum Gasteiger partial charge on any atom is -0.455 e. The summed E-state index contributed by atoms with van der Waals surface area (Å²) in [6.45, 7) is 4.81. The maximum atomic E-state index is 6.46. The Morgan fingerprint density at radius 3 is 1.77 bits per heavy atom. The second kappa shape index (κ2) is 15.1. The van der Waals surface area contributed by atoms with Crippen molar-refractivity contribution in [2.45, 2.75) is 38.0 Å². The lowest BCUT2D eigenvalue weighted by Gasteiger charge is -2.23. The zero-order chi connectivity index (χ0) is 43.9. The predicted molar refractivity (Wildman–Crippen MR) is 277 cm³/mol. The van der Waals surface area contributed by atoms with Crippen molar-refractivity contribution in [2.75, 3.05) is 0 Å². The third kappa shape index (κ3) is 6.16. The summed E-state index contributed by atoms with van der Waals surface area (Å²) in [6.07, 6.45) is 1.95. The molecule has 1 aliphatic rings. The van der Waals surface area contributed by atoms with Crippen LogP contribution in [0.3, 0.4) is 0 Å². The van der Waals surface area contributed by atoms with Crippen molar-refractivity contribution in [2.24, 2.45) is 0 Å². The molecule has 0 radical (unpaired) electrons. The molecule has 2 aromatic heterocycles. The normalized spacial score (nSPS) is 13.5. The van der Waals surface area contributed by atoms with Gasteiger partial charge in [0.15, 0.2) is 0 Å². The van der Waals surface area contributed by atoms with Gasteiger partial charge in [0.05, 0.1) is 11.0 Å². The van der Waals surface area contributed by atoms with Gasteiger partial charge in [-0.15, -0.1) is 0 Å². The van der Waals surface area contributed by atoms with Gasteiger partial charge < -0.3 is 8.98 Å². The van der Waals surface area contributed by atoms with Crippen molar-refractivity contribution >= 4 is 54.5 Å². The fourth-order valence-corrected chi connectivity index (χ4v) is 11.3. The zero-order valence-corrected chi connectivity index (χ0v) is 37.1. The van der Waals surface area contributed by atoms with E-state index < -0.39 is 0 Å². The molecule has 0 amide bonds. The van der Waals surface area contributed by atoms with Crippen molar-refractivity contribution < 1.29 is 4.42 Å². The minimum absolute atomic E-state index is 0.147. The number of fused-ring (bicyclic) bond motifs is 10. The van der Waals surface area contributed by atoms with Gasteiger partial charge in [-0.25, -0.2) is 0 Å². The van der Waals surface area contributed by atoms with E-state index in [9.17, 15) is 0 Å². The van der Waals surface area contributed by atoms with Gasteiger partial charge in [0.2, 0.25) is 0 Å². The molecule has 13 rings (SSSR count). The highest BCUT2D eigenvalue weighted by atomic mass is 16.3. The van der Waals surface area contributed by atoms with Crippen LogP contribution in [0.1, 0.15) is 54.0 Å². The van der Waals surface area contributed by atoms with Crippen molar-refractivity contribution in [3.63, 3.8) is 0 Å². The zero-order valence-electron chi connectivity index (χ0n) is 37.1. The van der Waals surface area contributed by atoms with Crippen molar-refractivity contribution in [1.82, 2.24) is 4.57 Å². The van der Waals surface area contributed by atoms with Crippen LogP contribution in [0.15, 0.2) is 223 Å². The fraction of sp³-hybridized carbons (Fsp3) is 0.0938. The summed E-state index contributed by atoms with van der Waals surface area (Å²) >= 11 is 0. The Morgan fingerprint density at radius 1 is 0.439 bits per heavy atom. The third-order valence-electron chi connectivity index (χ3n) is 14.7. The second-order valence-corrected chi connectivity index (χ2v) is 18.8. The smallest absolute Gasteiger partial charge is 0.143 e. The molecule has 12 aromatic rings. The summed E-state index contributed by atoms with van der Waals surface area (Å²) in [5.74, 6) is 0.207. The van der Waals surface area contributed by atoms with Gasteiger partial charge in [-0.05, 0) is 116 Å². The molecule has 314 valence electrons. The molecular weight excluding hydrogens is 799 g/mol. The minimum atomic E-state index is -0.147. The summed E-state index contributed by atoms with van der Waals surface area (Å²) in [7, 11) is 0. The van der Waals surface area contributed by atoms with Crippen LogP contribution in [0.4, 0.5) is 0 Å². The number of aryl methyl sites for hydroxylation is 1. The predicted octanol–water partition coefficient (Wildman–Crippen LogP) is 17.2. The first kappa shape index (κ1) is 38.5. The Balaban J connectivity index is 0.835. The largest absolute Gasteiger partial charge is 0.455 e. The number of hydrogen-bond acceptors (Lipinski definition) is 1. The molecule has 0 spiro atoms. The molecule has 0 saturated heterocycles. The first-order valence-corrected chi connectivity index (χ1v) is 23.3. The number of hydrogen-bond donors (Lipinski definition) is 0. The fourth-order valence-electron chi connectivity index (χ4n) is 11.3. The van der Waals surface area contributed by atoms with Crippen molar-refractivity contribution in [3.8, 4) is 39.1 Å². The van der Waals surface area contributed by atoms with Gasteiger partial charge >= 0.3 is 0 Å². The van der Waals surface area contributed by atoms with E-state index in [0.29, 0.717) is 0 Å². The highest BCUT2D eigenvalue weighted by molar-refractivity contribution is 6.10. The SMILES string of the molecule is CC1(C)c2cc(CCC(c3ccc(-c4ccc5ccccc5c4)cc3)c3ccc(-c4cccc5c4oc4ccccc45)cc3)ccc2-c2ccc(-n3c4ccccc4c4ccccc43)cc21. The van der Waals surface area contributed by atoms with Crippen LogP contribution in [0.25, 0.3) is 93.6 Å². The number of nitrogens with zero attached hydrogens (tertiary/aromatic N) is 1. The quantitative estimate of drug-likeness (QED) is 0.149. The van der Waals surface area contributed by atoms with Gasteiger partial charge in [-0.3, -0.25) is 0 Å². The van der Waals surface area contributed by atoms with Crippen LogP contribution in [-0.2, 0) is 11.8 Å². The Labute approximate surface area is 385 Å². The lowest BCUT2D eigenvalue weighted by atomic mass is 9.81. The summed E-state index contributed by atoms with van der Waals surface area (Å²) in [5.41, 5.74) is 19.7. The van der Waals surface area contributed by atoms with Gasteiger partial charge in [0.1, 0.15) is 11.2 Å². The summed E-state index contributed by atoms with van der Waals surface area (Å²) < 4.78 is 8.90. The number of rotatable bonds is 8. The molecule has 1 atom stereocenters. The van der Waals surface area contributed by atoms with E-state index in [2.05, 4.69) is 231 Å². The van der Waals surface area contributed by atoms with E-state index in [0.717, 1.165) is 45.9 Å². The van der Waals surface area contributed by atoms with E-state index in [1.165, 1.54) is 88.3 Å². The van der Waals surface area contributed by atoms with Crippen LogP contribution in [0.2, 0.25) is 0 Å². The topological polar surface area (TPSA) is 18.1 Å². The van der Waals surface area contributed by atoms with Gasteiger partial charge in [0, 0.05) is 44.1 Å². The Bertz CT molecular complexity index is 3790. The van der Waals surface area contributed by atoms with Crippen molar-refractivity contribution in [1.29, 1.82) is 0 Å². The Morgan fingerprint density at radius 2 is 1.03 bits per heavy atom. The summed E-state index contributed by atoms with van der Waals surface area (Å²) in [4.78, 5) is 0. The summed E-state index contributed by atoms with van der Waals surface area (Å²) in [6, 6.07) is 80.8. The van der Waals surface area contributed by atoms with Gasteiger partial charge in [-0.2, -0.15) is 0 Å². The average Bonchev–Trinajstić information content (AvgIpc) is 3.99. The molecule has 2 nitrogen and oxygen atoms in total. The van der Waals surface area contributed by atoms with Crippen LogP contribution in [0, 0.1) is 0 Å². The number of benzene rings is 10. The highest BCUT2D eigenvalue weighted by Gasteiger charge is 2.36.